The minimum atomic E-state index is -0.909. The first-order valence-electron chi connectivity index (χ1n) is 6.07. The molecule has 1 aromatic rings. The first-order chi connectivity index (χ1) is 9.06. The highest BCUT2D eigenvalue weighted by Gasteiger charge is 2.38. The van der Waals surface area contributed by atoms with E-state index in [0.29, 0.717) is 5.76 Å². The summed E-state index contributed by atoms with van der Waals surface area (Å²) in [5.74, 6) is -0.955. The fraction of sp³-hybridized carbons (Fsp3) is 0.357. The van der Waals surface area contributed by atoms with Gasteiger partial charge in [0.2, 0.25) is 0 Å². The van der Waals surface area contributed by atoms with Crippen molar-refractivity contribution in [3.8, 4) is 0 Å². The van der Waals surface area contributed by atoms with Crippen LogP contribution in [0.1, 0.15) is 25.0 Å². The van der Waals surface area contributed by atoms with E-state index in [9.17, 15) is 15.0 Å². The van der Waals surface area contributed by atoms with E-state index in [1.165, 1.54) is 6.26 Å². The van der Waals surface area contributed by atoms with Crippen molar-refractivity contribution < 1.29 is 24.2 Å². The number of hydrogen-bond donors (Lipinski definition) is 2. The predicted molar refractivity (Wildman–Crippen MR) is 67.5 cm³/mol. The normalized spacial score (nSPS) is 23.6. The van der Waals surface area contributed by atoms with Crippen molar-refractivity contribution in [3.63, 3.8) is 0 Å². The number of esters is 1. The van der Waals surface area contributed by atoms with Crippen LogP contribution in [0, 0.1) is 0 Å². The lowest BCUT2D eigenvalue weighted by atomic mass is 9.81. The summed E-state index contributed by atoms with van der Waals surface area (Å²) in [6.45, 7) is 5.48. The molecule has 0 unspecified atom stereocenters. The Morgan fingerprint density at radius 2 is 2.37 bits per heavy atom. The molecule has 2 rings (SSSR count). The van der Waals surface area contributed by atoms with Crippen LogP contribution < -0.4 is 0 Å². The Morgan fingerprint density at radius 1 is 1.63 bits per heavy atom. The topological polar surface area (TPSA) is 79.9 Å². The van der Waals surface area contributed by atoms with Crippen LogP contribution in [0.4, 0.5) is 0 Å². The van der Waals surface area contributed by atoms with E-state index in [0.717, 1.165) is 0 Å². The largest absolute Gasteiger partial charge is 0.507 e. The maximum absolute atomic E-state index is 12.0. The van der Waals surface area contributed by atoms with E-state index < -0.39 is 18.0 Å². The molecule has 5 nitrogen and oxygen atoms in total. The zero-order valence-electron chi connectivity index (χ0n) is 10.6. The third-order valence-electron chi connectivity index (χ3n) is 3.15. The SMILES string of the molecule is C=C1C(O)=C(C(=O)OCC)[C@H](c2ccco2)C[C@H]1O. The zero-order chi connectivity index (χ0) is 14.0. The number of hydrogen-bond acceptors (Lipinski definition) is 5. The summed E-state index contributed by atoms with van der Waals surface area (Å²) in [7, 11) is 0. The van der Waals surface area contributed by atoms with Gasteiger partial charge in [0.05, 0.1) is 30.5 Å². The van der Waals surface area contributed by atoms with Crippen LogP contribution in [0.15, 0.2) is 46.3 Å². The molecule has 1 aromatic heterocycles. The highest BCUT2D eigenvalue weighted by molar-refractivity contribution is 5.92. The third-order valence-corrected chi connectivity index (χ3v) is 3.15. The zero-order valence-corrected chi connectivity index (χ0v) is 10.6. The van der Waals surface area contributed by atoms with Gasteiger partial charge in [0.25, 0.3) is 0 Å². The highest BCUT2D eigenvalue weighted by atomic mass is 16.5. The molecule has 2 N–H and O–H groups in total. The van der Waals surface area contributed by atoms with E-state index in [1.807, 2.05) is 0 Å². The van der Waals surface area contributed by atoms with Gasteiger partial charge in [-0.05, 0) is 25.5 Å². The molecule has 0 amide bonds. The van der Waals surface area contributed by atoms with Gasteiger partial charge < -0.3 is 19.4 Å². The average Bonchev–Trinajstić information content (AvgIpc) is 2.89. The lowest BCUT2D eigenvalue weighted by Crippen LogP contribution is -2.28. The number of carbonyl (C=O) groups is 1. The second kappa shape index (κ2) is 5.32. The smallest absolute Gasteiger partial charge is 0.338 e. The molecule has 0 aliphatic heterocycles. The third kappa shape index (κ3) is 2.42. The molecule has 2 atom stereocenters. The molecular weight excluding hydrogens is 248 g/mol. The minimum Gasteiger partial charge on any atom is -0.507 e. The van der Waals surface area contributed by atoms with Crippen molar-refractivity contribution in [2.45, 2.75) is 25.4 Å². The second-order valence-electron chi connectivity index (χ2n) is 4.33. The summed E-state index contributed by atoms with van der Waals surface area (Å²) in [5.41, 5.74) is 0.220. The van der Waals surface area contributed by atoms with Crippen LogP contribution in [0.2, 0.25) is 0 Å². The Morgan fingerprint density at radius 3 is 2.95 bits per heavy atom. The molecule has 5 heteroatoms. The van der Waals surface area contributed by atoms with E-state index in [-0.39, 0.29) is 29.9 Å². The molecule has 0 saturated heterocycles. The molecule has 0 radical (unpaired) electrons. The standard InChI is InChI=1S/C14H16O5/c1-3-18-14(17)12-9(11-5-4-6-19-11)7-10(15)8(2)13(12)16/h4-6,9-10,15-16H,2-3,7H2,1H3/t9-,10+/m0/s1. The summed E-state index contributed by atoms with van der Waals surface area (Å²) < 4.78 is 10.2. The van der Waals surface area contributed by atoms with E-state index in [4.69, 9.17) is 9.15 Å². The fourth-order valence-electron chi connectivity index (χ4n) is 2.17. The molecule has 1 aliphatic rings. The summed E-state index contributed by atoms with van der Waals surface area (Å²) in [4.78, 5) is 12.0. The molecule has 19 heavy (non-hydrogen) atoms. The average molecular weight is 264 g/mol. The quantitative estimate of drug-likeness (QED) is 0.817. The maximum atomic E-state index is 12.0. The Labute approximate surface area is 110 Å². The lowest BCUT2D eigenvalue weighted by Gasteiger charge is -2.28. The van der Waals surface area contributed by atoms with Gasteiger partial charge in [-0.2, -0.15) is 0 Å². The van der Waals surface area contributed by atoms with Gasteiger partial charge in [-0.1, -0.05) is 6.58 Å². The van der Waals surface area contributed by atoms with Gasteiger partial charge >= 0.3 is 5.97 Å². The number of rotatable bonds is 3. The Hall–Kier alpha value is -2.01. The lowest BCUT2D eigenvalue weighted by molar-refractivity contribution is -0.139. The number of furan rings is 1. The number of aliphatic hydroxyl groups excluding tert-OH is 2. The van der Waals surface area contributed by atoms with Gasteiger partial charge in [0.15, 0.2) is 0 Å². The van der Waals surface area contributed by atoms with Gasteiger partial charge in [0, 0.05) is 5.57 Å². The molecule has 0 aromatic carbocycles. The first kappa shape index (κ1) is 13.4. The Kier molecular flexibility index (Phi) is 3.76. The summed E-state index contributed by atoms with van der Waals surface area (Å²) in [6.07, 6.45) is 0.795. The fourth-order valence-corrected chi connectivity index (χ4v) is 2.17. The van der Waals surface area contributed by atoms with Gasteiger partial charge in [0.1, 0.15) is 11.5 Å². The molecule has 0 saturated carbocycles. The van der Waals surface area contributed by atoms with Crippen LogP contribution in [0.5, 0.6) is 0 Å². The number of aliphatic hydroxyl groups is 2. The van der Waals surface area contributed by atoms with Gasteiger partial charge in [-0.15, -0.1) is 0 Å². The molecule has 102 valence electrons. The predicted octanol–water partition coefficient (Wildman–Crippen LogP) is 2.06. The van der Waals surface area contributed by atoms with Crippen LogP contribution in [0.3, 0.4) is 0 Å². The van der Waals surface area contributed by atoms with Crippen LogP contribution in [-0.4, -0.2) is 28.9 Å². The number of carbonyl (C=O) groups excluding carboxylic acids is 1. The molecular formula is C14H16O5. The van der Waals surface area contributed by atoms with Crippen molar-refractivity contribution in [1.29, 1.82) is 0 Å². The van der Waals surface area contributed by atoms with Crippen molar-refractivity contribution in [2.24, 2.45) is 0 Å². The van der Waals surface area contributed by atoms with Gasteiger partial charge in [-0.25, -0.2) is 4.79 Å². The van der Waals surface area contributed by atoms with Gasteiger partial charge in [-0.3, -0.25) is 0 Å². The molecule has 1 aliphatic carbocycles. The van der Waals surface area contributed by atoms with Crippen molar-refractivity contribution in [3.05, 3.63) is 47.6 Å². The van der Waals surface area contributed by atoms with Crippen LogP contribution >= 0.6 is 0 Å². The minimum absolute atomic E-state index is 0.0899. The Balaban J connectivity index is 2.45. The molecule has 0 spiro atoms. The summed E-state index contributed by atoms with van der Waals surface area (Å²) >= 11 is 0. The highest BCUT2D eigenvalue weighted by Crippen LogP contribution is 2.39. The van der Waals surface area contributed by atoms with E-state index in [1.54, 1.807) is 19.1 Å². The first-order valence-corrected chi connectivity index (χ1v) is 6.07. The summed E-state index contributed by atoms with van der Waals surface area (Å²) in [5, 5.41) is 19.9. The van der Waals surface area contributed by atoms with E-state index >= 15 is 0 Å². The summed E-state index contributed by atoms with van der Waals surface area (Å²) in [6, 6.07) is 3.38. The van der Waals surface area contributed by atoms with E-state index in [2.05, 4.69) is 6.58 Å². The van der Waals surface area contributed by atoms with Crippen LogP contribution in [0.25, 0.3) is 0 Å². The monoisotopic (exact) mass is 264 g/mol. The molecule has 0 fully saturated rings. The number of ether oxygens (including phenoxy) is 1. The van der Waals surface area contributed by atoms with Crippen LogP contribution in [-0.2, 0) is 9.53 Å². The van der Waals surface area contributed by atoms with Crippen molar-refractivity contribution >= 4 is 5.97 Å². The van der Waals surface area contributed by atoms with Crippen molar-refractivity contribution in [1.82, 2.24) is 0 Å². The van der Waals surface area contributed by atoms with Crippen molar-refractivity contribution in [2.75, 3.05) is 6.61 Å². The molecule has 1 heterocycles. The maximum Gasteiger partial charge on any atom is 0.338 e. The molecule has 0 bridgehead atoms. The Bertz CT molecular complexity index is 512. The second-order valence-corrected chi connectivity index (χ2v) is 4.33.